The van der Waals surface area contributed by atoms with E-state index in [1.807, 2.05) is 30.3 Å². The average Bonchev–Trinajstić information content (AvgIpc) is 2.58. The molecule has 118 valence electrons. The molecule has 0 aliphatic heterocycles. The summed E-state index contributed by atoms with van der Waals surface area (Å²) in [7, 11) is 0. The summed E-state index contributed by atoms with van der Waals surface area (Å²) in [6, 6.07) is 14.0. The van der Waals surface area contributed by atoms with Crippen LogP contribution in [-0.2, 0) is 17.8 Å². The summed E-state index contributed by atoms with van der Waals surface area (Å²) in [5.74, 6) is -0.507. The third-order valence-electron chi connectivity index (χ3n) is 3.26. The maximum atomic E-state index is 13.4. The SMILES string of the molecule is [C-]#[N+]c1ccc(CCCNC(=O)OCc2ccccc2)cc1F. The minimum Gasteiger partial charge on any atom is -0.445 e. The number of nitrogens with one attached hydrogen (secondary N) is 1. The zero-order valence-electron chi connectivity index (χ0n) is 12.6. The Morgan fingerprint density at radius 3 is 2.65 bits per heavy atom. The summed E-state index contributed by atoms with van der Waals surface area (Å²) in [5.41, 5.74) is 1.75. The molecule has 0 unspecified atom stereocenters. The molecule has 1 N–H and O–H groups in total. The van der Waals surface area contributed by atoms with Gasteiger partial charge in [-0.1, -0.05) is 42.5 Å². The summed E-state index contributed by atoms with van der Waals surface area (Å²) in [5, 5.41) is 2.66. The van der Waals surface area contributed by atoms with E-state index in [1.165, 1.54) is 12.1 Å². The van der Waals surface area contributed by atoms with Gasteiger partial charge < -0.3 is 10.1 Å². The number of ether oxygens (including phenoxy) is 1. The molecule has 0 atom stereocenters. The molecule has 0 bridgehead atoms. The van der Waals surface area contributed by atoms with Gasteiger partial charge in [0.2, 0.25) is 5.69 Å². The molecule has 0 fully saturated rings. The van der Waals surface area contributed by atoms with Gasteiger partial charge in [0.1, 0.15) is 12.4 Å². The van der Waals surface area contributed by atoms with Crippen molar-refractivity contribution in [3.05, 3.63) is 76.9 Å². The first-order valence-corrected chi connectivity index (χ1v) is 7.29. The lowest BCUT2D eigenvalue weighted by atomic mass is 10.1. The molecule has 0 spiro atoms. The Kier molecular flexibility index (Phi) is 6.13. The van der Waals surface area contributed by atoms with Crippen LogP contribution in [0.5, 0.6) is 0 Å². The van der Waals surface area contributed by atoms with Gasteiger partial charge in [0.05, 0.1) is 6.57 Å². The predicted molar refractivity (Wildman–Crippen MR) is 85.6 cm³/mol. The van der Waals surface area contributed by atoms with Crippen molar-refractivity contribution in [2.24, 2.45) is 0 Å². The Morgan fingerprint density at radius 2 is 1.96 bits per heavy atom. The van der Waals surface area contributed by atoms with E-state index < -0.39 is 11.9 Å². The van der Waals surface area contributed by atoms with Gasteiger partial charge in [0, 0.05) is 6.54 Å². The Labute approximate surface area is 134 Å². The summed E-state index contributed by atoms with van der Waals surface area (Å²) < 4.78 is 18.5. The van der Waals surface area contributed by atoms with Crippen LogP contribution in [0.1, 0.15) is 17.5 Å². The number of carbonyl (C=O) groups excluding carboxylic acids is 1. The molecule has 2 aromatic rings. The number of benzene rings is 2. The van der Waals surface area contributed by atoms with Crippen LogP contribution in [0.2, 0.25) is 0 Å². The highest BCUT2D eigenvalue weighted by Crippen LogP contribution is 2.19. The predicted octanol–water partition coefficient (Wildman–Crippen LogP) is 4.24. The van der Waals surface area contributed by atoms with Crippen molar-refractivity contribution < 1.29 is 13.9 Å². The fraction of sp³-hybridized carbons (Fsp3) is 0.222. The van der Waals surface area contributed by atoms with E-state index in [0.717, 1.165) is 11.1 Å². The fourth-order valence-corrected chi connectivity index (χ4v) is 2.05. The lowest BCUT2D eigenvalue weighted by Crippen LogP contribution is -2.25. The van der Waals surface area contributed by atoms with Crippen molar-refractivity contribution >= 4 is 11.8 Å². The van der Waals surface area contributed by atoms with Crippen LogP contribution in [0.4, 0.5) is 14.9 Å². The van der Waals surface area contributed by atoms with Crippen molar-refractivity contribution in [1.82, 2.24) is 5.32 Å². The smallest absolute Gasteiger partial charge is 0.407 e. The van der Waals surface area contributed by atoms with Crippen LogP contribution >= 0.6 is 0 Å². The van der Waals surface area contributed by atoms with Crippen molar-refractivity contribution in [2.75, 3.05) is 6.54 Å². The second kappa shape index (κ2) is 8.54. The van der Waals surface area contributed by atoms with Crippen LogP contribution in [0.15, 0.2) is 48.5 Å². The Hall–Kier alpha value is -2.87. The molecule has 23 heavy (non-hydrogen) atoms. The van der Waals surface area contributed by atoms with Gasteiger partial charge in [-0.05, 0) is 30.0 Å². The quantitative estimate of drug-likeness (QED) is 0.640. The number of nitrogens with zero attached hydrogens (tertiary/aromatic N) is 1. The van der Waals surface area contributed by atoms with E-state index >= 15 is 0 Å². The third kappa shape index (κ3) is 5.44. The van der Waals surface area contributed by atoms with Crippen LogP contribution in [0.3, 0.4) is 0 Å². The number of amides is 1. The first-order chi connectivity index (χ1) is 11.2. The number of hydrogen-bond acceptors (Lipinski definition) is 2. The number of rotatable bonds is 6. The Balaban J connectivity index is 1.66. The van der Waals surface area contributed by atoms with E-state index in [9.17, 15) is 9.18 Å². The van der Waals surface area contributed by atoms with Gasteiger partial charge in [-0.2, -0.15) is 0 Å². The maximum Gasteiger partial charge on any atom is 0.407 e. The van der Waals surface area contributed by atoms with Gasteiger partial charge in [0.15, 0.2) is 0 Å². The summed E-state index contributed by atoms with van der Waals surface area (Å²) in [4.78, 5) is 14.6. The zero-order valence-corrected chi connectivity index (χ0v) is 12.6. The number of alkyl carbamates (subject to hydrolysis) is 1. The minimum atomic E-state index is -0.507. The maximum absolute atomic E-state index is 13.4. The molecular weight excluding hydrogens is 295 g/mol. The van der Waals surface area contributed by atoms with Crippen molar-refractivity contribution in [3.63, 3.8) is 0 Å². The van der Waals surface area contributed by atoms with Crippen LogP contribution in [-0.4, -0.2) is 12.6 Å². The van der Waals surface area contributed by atoms with Crippen molar-refractivity contribution in [1.29, 1.82) is 0 Å². The highest BCUT2D eigenvalue weighted by Gasteiger charge is 2.04. The molecule has 0 aliphatic carbocycles. The van der Waals surface area contributed by atoms with E-state index in [1.54, 1.807) is 6.07 Å². The molecule has 0 aromatic heterocycles. The normalized spacial score (nSPS) is 9.91. The molecule has 2 aromatic carbocycles. The van der Waals surface area contributed by atoms with Gasteiger partial charge in [0.25, 0.3) is 0 Å². The van der Waals surface area contributed by atoms with Gasteiger partial charge >= 0.3 is 6.09 Å². The first-order valence-electron chi connectivity index (χ1n) is 7.29. The molecule has 0 saturated carbocycles. The molecular formula is C18H17FN2O2. The second-order valence-electron chi connectivity index (χ2n) is 4.99. The third-order valence-corrected chi connectivity index (χ3v) is 3.26. The topological polar surface area (TPSA) is 42.7 Å². The molecule has 4 nitrogen and oxygen atoms in total. The molecule has 0 saturated heterocycles. The monoisotopic (exact) mass is 312 g/mol. The average molecular weight is 312 g/mol. The van der Waals surface area contributed by atoms with E-state index in [4.69, 9.17) is 11.3 Å². The lowest BCUT2D eigenvalue weighted by molar-refractivity contribution is 0.139. The molecule has 0 heterocycles. The fourth-order valence-electron chi connectivity index (χ4n) is 2.05. The summed E-state index contributed by atoms with van der Waals surface area (Å²) >= 11 is 0. The zero-order chi connectivity index (χ0) is 16.5. The van der Waals surface area contributed by atoms with E-state index in [0.29, 0.717) is 19.4 Å². The highest BCUT2D eigenvalue weighted by atomic mass is 19.1. The minimum absolute atomic E-state index is 0.0244. The van der Waals surface area contributed by atoms with E-state index in [2.05, 4.69) is 10.2 Å². The standard InChI is InChI=1S/C18H17FN2O2/c1-20-17-10-9-14(12-16(17)19)8-5-11-21-18(22)23-13-15-6-3-2-4-7-15/h2-4,6-7,9-10,12H,5,8,11,13H2,(H,21,22). The van der Waals surface area contributed by atoms with Gasteiger partial charge in [-0.25, -0.2) is 14.0 Å². The van der Waals surface area contributed by atoms with Gasteiger partial charge in [-0.15, -0.1) is 0 Å². The number of carbonyl (C=O) groups is 1. The largest absolute Gasteiger partial charge is 0.445 e. The van der Waals surface area contributed by atoms with Gasteiger partial charge in [-0.3, -0.25) is 0 Å². The Morgan fingerprint density at radius 1 is 1.17 bits per heavy atom. The summed E-state index contributed by atoms with van der Waals surface area (Å²) in [6.45, 7) is 7.47. The van der Waals surface area contributed by atoms with Crippen molar-refractivity contribution in [2.45, 2.75) is 19.4 Å². The van der Waals surface area contributed by atoms with E-state index in [-0.39, 0.29) is 12.3 Å². The molecule has 0 aliphatic rings. The Bertz CT molecular complexity index is 696. The number of hydrogen-bond donors (Lipinski definition) is 1. The van der Waals surface area contributed by atoms with Crippen molar-refractivity contribution in [3.8, 4) is 0 Å². The highest BCUT2D eigenvalue weighted by molar-refractivity contribution is 5.67. The second-order valence-corrected chi connectivity index (χ2v) is 4.99. The molecule has 5 heteroatoms. The first kappa shape index (κ1) is 16.5. The molecule has 0 radical (unpaired) electrons. The van der Waals surface area contributed by atoms with Crippen LogP contribution in [0.25, 0.3) is 4.85 Å². The molecule has 2 rings (SSSR count). The molecule has 1 amide bonds. The lowest BCUT2D eigenvalue weighted by Gasteiger charge is -2.07. The summed E-state index contributed by atoms with van der Waals surface area (Å²) in [6.07, 6.45) is 0.814. The number of aryl methyl sites for hydroxylation is 1. The van der Waals surface area contributed by atoms with Crippen LogP contribution < -0.4 is 5.32 Å². The number of halogens is 1. The van der Waals surface area contributed by atoms with Crippen LogP contribution in [0, 0.1) is 12.4 Å².